The van der Waals surface area contributed by atoms with Gasteiger partial charge in [0.15, 0.2) is 0 Å². The second-order valence-corrected chi connectivity index (χ2v) is 7.64. The molecule has 3 N–H and O–H groups in total. The molecule has 29 heavy (non-hydrogen) atoms. The first-order valence-corrected chi connectivity index (χ1v) is 9.86. The average molecular weight is 390 g/mol. The van der Waals surface area contributed by atoms with Crippen LogP contribution in [0.3, 0.4) is 0 Å². The maximum absolute atomic E-state index is 10.6. The smallest absolute Gasteiger partial charge is 0.121 e. The third-order valence-corrected chi connectivity index (χ3v) is 5.65. The zero-order valence-corrected chi connectivity index (χ0v) is 16.4. The van der Waals surface area contributed by atoms with Crippen LogP contribution in [0, 0.1) is 0 Å². The van der Waals surface area contributed by atoms with Gasteiger partial charge in [-0.2, -0.15) is 0 Å². The summed E-state index contributed by atoms with van der Waals surface area (Å²) in [5, 5.41) is 31.1. The van der Waals surface area contributed by atoms with Gasteiger partial charge in [-0.05, 0) is 25.1 Å². The van der Waals surface area contributed by atoms with Gasteiger partial charge in [-0.15, -0.1) is 0 Å². The quantitative estimate of drug-likeness (QED) is 0.609. The van der Waals surface area contributed by atoms with Crippen molar-refractivity contribution in [2.24, 2.45) is 0 Å². The predicted molar refractivity (Wildman–Crippen MR) is 112 cm³/mol. The van der Waals surface area contributed by atoms with E-state index in [1.165, 1.54) is 0 Å². The van der Waals surface area contributed by atoms with Gasteiger partial charge in [0.1, 0.15) is 17.2 Å². The molecule has 0 aromatic heterocycles. The maximum atomic E-state index is 10.6. The maximum Gasteiger partial charge on any atom is 0.121 e. The molecule has 5 heteroatoms. The molecule has 0 radical (unpaired) electrons. The lowest BCUT2D eigenvalue weighted by Gasteiger charge is -2.32. The number of nitrogens with zero attached hydrogens (tertiary/aromatic N) is 2. The van der Waals surface area contributed by atoms with Crippen LogP contribution in [0.25, 0.3) is 0 Å². The van der Waals surface area contributed by atoms with Crippen LogP contribution >= 0.6 is 0 Å². The molecule has 1 aliphatic rings. The van der Waals surface area contributed by atoms with E-state index in [1.807, 2.05) is 54.6 Å². The van der Waals surface area contributed by atoms with Crippen LogP contribution < -0.4 is 0 Å². The molecule has 1 saturated heterocycles. The predicted octanol–water partition coefficient (Wildman–Crippen LogP) is 4.21. The first-order chi connectivity index (χ1) is 14.0. The SMILES string of the molecule is CC1CN(Cc2ccccc2O)C(c2ccccc2O)N1Cc1ccccc1O. The van der Waals surface area contributed by atoms with Crippen molar-refractivity contribution in [1.29, 1.82) is 0 Å². The van der Waals surface area contributed by atoms with E-state index in [2.05, 4.69) is 16.7 Å². The van der Waals surface area contributed by atoms with Crippen molar-refractivity contribution < 1.29 is 15.3 Å². The first kappa shape index (κ1) is 19.3. The van der Waals surface area contributed by atoms with Crippen molar-refractivity contribution >= 4 is 0 Å². The largest absolute Gasteiger partial charge is 0.508 e. The number of aromatic hydroxyl groups is 3. The fourth-order valence-corrected chi connectivity index (χ4v) is 4.17. The standard InChI is InChI=1S/C24H26N2O3/c1-17-14-25(15-18-8-2-5-11-21(18)27)24(20-10-4-7-13-23(20)29)26(17)16-19-9-3-6-12-22(19)28/h2-13,17,24,27-29H,14-16H2,1H3. The fraction of sp³-hybridized carbons (Fsp3) is 0.250. The van der Waals surface area contributed by atoms with Crippen LogP contribution in [0.2, 0.25) is 0 Å². The molecule has 5 nitrogen and oxygen atoms in total. The van der Waals surface area contributed by atoms with Gasteiger partial charge in [0.25, 0.3) is 0 Å². The summed E-state index contributed by atoms with van der Waals surface area (Å²) < 4.78 is 0. The summed E-state index contributed by atoms with van der Waals surface area (Å²) in [5.74, 6) is 0.793. The van der Waals surface area contributed by atoms with E-state index in [0.29, 0.717) is 13.1 Å². The lowest BCUT2D eigenvalue weighted by atomic mass is 10.1. The Hall–Kier alpha value is -3.02. The average Bonchev–Trinajstić information content (AvgIpc) is 3.01. The molecular weight excluding hydrogens is 364 g/mol. The van der Waals surface area contributed by atoms with Gasteiger partial charge >= 0.3 is 0 Å². The summed E-state index contributed by atoms with van der Waals surface area (Å²) in [6.45, 7) is 4.05. The summed E-state index contributed by atoms with van der Waals surface area (Å²) in [6.07, 6.45) is -0.176. The normalized spacial score (nSPS) is 20.2. The third kappa shape index (κ3) is 3.92. The Kier molecular flexibility index (Phi) is 5.43. The van der Waals surface area contributed by atoms with E-state index in [-0.39, 0.29) is 29.5 Å². The van der Waals surface area contributed by atoms with Gasteiger partial charge in [-0.1, -0.05) is 54.6 Å². The van der Waals surface area contributed by atoms with E-state index in [9.17, 15) is 15.3 Å². The van der Waals surface area contributed by atoms with E-state index >= 15 is 0 Å². The molecule has 3 aromatic carbocycles. The van der Waals surface area contributed by atoms with Crippen LogP contribution in [0.15, 0.2) is 72.8 Å². The van der Waals surface area contributed by atoms with Crippen LogP contribution in [0.1, 0.15) is 29.8 Å². The van der Waals surface area contributed by atoms with Gasteiger partial charge in [-0.25, -0.2) is 0 Å². The Morgan fingerprint density at radius 2 is 1.24 bits per heavy atom. The molecule has 150 valence electrons. The second kappa shape index (κ2) is 8.15. The molecule has 0 bridgehead atoms. The summed E-state index contributed by atoms with van der Waals surface area (Å²) in [6, 6.07) is 22.3. The Morgan fingerprint density at radius 1 is 0.724 bits per heavy atom. The molecular formula is C24H26N2O3. The molecule has 4 rings (SSSR count). The Labute approximate surface area is 171 Å². The number of hydrogen-bond donors (Lipinski definition) is 3. The topological polar surface area (TPSA) is 67.2 Å². The van der Waals surface area contributed by atoms with Crippen molar-refractivity contribution in [3.8, 4) is 17.2 Å². The number of para-hydroxylation sites is 3. The molecule has 1 fully saturated rings. The van der Waals surface area contributed by atoms with E-state index in [4.69, 9.17) is 0 Å². The van der Waals surface area contributed by atoms with E-state index < -0.39 is 0 Å². The highest BCUT2D eigenvalue weighted by molar-refractivity contribution is 5.37. The monoisotopic (exact) mass is 390 g/mol. The number of benzene rings is 3. The number of rotatable bonds is 5. The van der Waals surface area contributed by atoms with Gasteiger partial charge in [-0.3, -0.25) is 9.80 Å². The zero-order valence-electron chi connectivity index (χ0n) is 16.4. The molecule has 0 amide bonds. The number of hydrogen-bond acceptors (Lipinski definition) is 5. The van der Waals surface area contributed by atoms with Crippen LogP contribution in [-0.4, -0.2) is 37.7 Å². The summed E-state index contributed by atoms with van der Waals surface area (Å²) >= 11 is 0. The van der Waals surface area contributed by atoms with Crippen molar-refractivity contribution in [2.45, 2.75) is 32.2 Å². The summed E-state index contributed by atoms with van der Waals surface area (Å²) in [7, 11) is 0. The van der Waals surface area contributed by atoms with Crippen LogP contribution in [0.4, 0.5) is 0 Å². The molecule has 1 heterocycles. The Balaban J connectivity index is 1.71. The molecule has 2 unspecified atom stereocenters. The fourth-order valence-electron chi connectivity index (χ4n) is 4.17. The van der Waals surface area contributed by atoms with E-state index in [0.717, 1.165) is 23.2 Å². The molecule has 0 aliphatic carbocycles. The Bertz CT molecular complexity index is 991. The number of phenolic OH excluding ortho intramolecular Hbond substituents is 3. The molecule has 2 atom stereocenters. The van der Waals surface area contributed by atoms with Crippen molar-refractivity contribution in [3.63, 3.8) is 0 Å². The van der Waals surface area contributed by atoms with Gasteiger partial charge in [0.05, 0.1) is 6.17 Å². The molecule has 3 aromatic rings. The van der Waals surface area contributed by atoms with Gasteiger partial charge < -0.3 is 15.3 Å². The molecule has 1 aliphatic heterocycles. The summed E-state index contributed by atoms with van der Waals surface area (Å²) in [4.78, 5) is 4.54. The van der Waals surface area contributed by atoms with Crippen molar-refractivity contribution in [2.75, 3.05) is 6.54 Å². The molecule has 0 spiro atoms. The third-order valence-electron chi connectivity index (χ3n) is 5.65. The highest BCUT2D eigenvalue weighted by Gasteiger charge is 2.39. The lowest BCUT2D eigenvalue weighted by Crippen LogP contribution is -2.32. The number of phenols is 3. The zero-order chi connectivity index (χ0) is 20.4. The van der Waals surface area contributed by atoms with Crippen molar-refractivity contribution in [1.82, 2.24) is 9.80 Å². The van der Waals surface area contributed by atoms with Gasteiger partial charge in [0.2, 0.25) is 0 Å². The second-order valence-electron chi connectivity index (χ2n) is 7.64. The molecule has 0 saturated carbocycles. The van der Waals surface area contributed by atoms with Crippen molar-refractivity contribution in [3.05, 3.63) is 89.5 Å². The first-order valence-electron chi connectivity index (χ1n) is 9.86. The lowest BCUT2D eigenvalue weighted by molar-refractivity contribution is 0.108. The Morgan fingerprint density at radius 3 is 1.83 bits per heavy atom. The van der Waals surface area contributed by atoms with Gasteiger partial charge in [0, 0.05) is 42.4 Å². The van der Waals surface area contributed by atoms with Crippen LogP contribution in [0.5, 0.6) is 17.2 Å². The highest BCUT2D eigenvalue weighted by atomic mass is 16.3. The minimum atomic E-state index is -0.176. The van der Waals surface area contributed by atoms with E-state index in [1.54, 1.807) is 18.2 Å². The highest BCUT2D eigenvalue weighted by Crippen LogP contribution is 2.40. The minimum absolute atomic E-state index is 0.176. The van der Waals surface area contributed by atoms with Crippen LogP contribution in [-0.2, 0) is 13.1 Å². The minimum Gasteiger partial charge on any atom is -0.508 e. The summed E-state index contributed by atoms with van der Waals surface area (Å²) in [5.41, 5.74) is 2.52.